The van der Waals surface area contributed by atoms with Crippen LogP contribution in [0.5, 0.6) is 11.6 Å². The van der Waals surface area contributed by atoms with Crippen LogP contribution >= 0.6 is 0 Å². The van der Waals surface area contributed by atoms with Crippen LogP contribution < -0.4 is 15.0 Å². The van der Waals surface area contributed by atoms with E-state index in [2.05, 4.69) is 15.1 Å². The third-order valence-electron chi connectivity index (χ3n) is 5.89. The molecule has 0 saturated heterocycles. The van der Waals surface area contributed by atoms with Crippen LogP contribution in [-0.2, 0) is 6.61 Å². The van der Waals surface area contributed by atoms with Gasteiger partial charge in [0.1, 0.15) is 23.6 Å². The highest BCUT2D eigenvalue weighted by atomic mass is 16.5. The van der Waals surface area contributed by atoms with Crippen LogP contribution in [0.4, 0.5) is 0 Å². The highest BCUT2D eigenvalue weighted by Gasteiger charge is 2.17. The van der Waals surface area contributed by atoms with Crippen molar-refractivity contribution in [2.24, 2.45) is 0 Å². The lowest BCUT2D eigenvalue weighted by Gasteiger charge is -2.11. The van der Waals surface area contributed by atoms with Crippen LogP contribution in [0.25, 0.3) is 39.0 Å². The Hall–Kier alpha value is -4.98. The smallest absolute Gasteiger partial charge is 0.262 e. The minimum atomic E-state index is -0.288. The number of fused-ring (bicyclic) bond motifs is 2. The SMILES string of the molecule is COc1nc2cc(OCc3ccccc3)ccc2cc1-c1nc2c(cnn2-c2ccccc2)c(=O)[nH]1. The first-order chi connectivity index (χ1) is 17.7. The molecule has 0 fully saturated rings. The third-order valence-corrected chi connectivity index (χ3v) is 5.89. The second-order valence-electron chi connectivity index (χ2n) is 8.22. The van der Waals surface area contributed by atoms with E-state index in [-0.39, 0.29) is 5.56 Å². The highest BCUT2D eigenvalue weighted by Crippen LogP contribution is 2.31. The number of nitrogens with zero attached hydrogens (tertiary/aromatic N) is 4. The van der Waals surface area contributed by atoms with E-state index < -0.39 is 0 Å². The Kier molecular flexibility index (Phi) is 5.38. The van der Waals surface area contributed by atoms with Crippen molar-refractivity contribution in [3.05, 3.63) is 107 Å². The second kappa shape index (κ2) is 8.99. The van der Waals surface area contributed by atoms with E-state index in [1.807, 2.05) is 84.9 Å². The summed E-state index contributed by atoms with van der Waals surface area (Å²) in [6.07, 6.45) is 1.52. The van der Waals surface area contributed by atoms with Crippen LogP contribution in [-0.4, -0.2) is 31.8 Å². The molecule has 8 heteroatoms. The van der Waals surface area contributed by atoms with Gasteiger partial charge < -0.3 is 14.5 Å². The maximum atomic E-state index is 12.9. The van der Waals surface area contributed by atoms with Crippen LogP contribution in [0.3, 0.4) is 0 Å². The van der Waals surface area contributed by atoms with Crippen molar-refractivity contribution in [1.82, 2.24) is 24.7 Å². The van der Waals surface area contributed by atoms with Gasteiger partial charge in [-0.2, -0.15) is 5.10 Å². The van der Waals surface area contributed by atoms with Crippen molar-refractivity contribution in [3.8, 4) is 28.7 Å². The number of nitrogens with one attached hydrogen (secondary N) is 1. The standard InChI is InChI=1S/C28H21N5O3/c1-35-28-22(14-19-12-13-21(15-24(19)30-28)36-17-18-8-4-2-5-9-18)25-31-26-23(27(34)32-25)16-29-33(26)20-10-6-3-7-11-20/h2-16H,17H2,1H3,(H,31,32,34). The topological polar surface area (TPSA) is 94.9 Å². The zero-order valence-corrected chi connectivity index (χ0v) is 19.4. The molecule has 3 aromatic heterocycles. The van der Waals surface area contributed by atoms with Gasteiger partial charge in [0.05, 0.1) is 30.1 Å². The Morgan fingerprint density at radius 2 is 1.69 bits per heavy atom. The maximum absolute atomic E-state index is 12.9. The van der Waals surface area contributed by atoms with E-state index >= 15 is 0 Å². The van der Waals surface area contributed by atoms with Crippen molar-refractivity contribution in [1.29, 1.82) is 0 Å². The molecular weight excluding hydrogens is 454 g/mol. The van der Waals surface area contributed by atoms with Gasteiger partial charge in [0.25, 0.3) is 5.56 Å². The quantitative estimate of drug-likeness (QED) is 0.368. The van der Waals surface area contributed by atoms with Crippen LogP contribution in [0.2, 0.25) is 0 Å². The Balaban J connectivity index is 1.41. The fourth-order valence-electron chi connectivity index (χ4n) is 4.09. The van der Waals surface area contributed by atoms with Crippen LogP contribution in [0.15, 0.2) is 95.9 Å². The second-order valence-corrected chi connectivity index (χ2v) is 8.22. The van der Waals surface area contributed by atoms with E-state index in [4.69, 9.17) is 14.5 Å². The lowest BCUT2D eigenvalue weighted by molar-refractivity contribution is 0.306. The molecule has 0 aliphatic rings. The Labute approximate surface area is 205 Å². The molecule has 0 unspecified atom stereocenters. The van der Waals surface area contributed by atoms with Gasteiger partial charge in [0, 0.05) is 11.5 Å². The van der Waals surface area contributed by atoms with Crippen LogP contribution in [0.1, 0.15) is 5.56 Å². The zero-order valence-electron chi connectivity index (χ0n) is 19.4. The summed E-state index contributed by atoms with van der Waals surface area (Å²) in [5.74, 6) is 1.39. The average molecular weight is 476 g/mol. The van der Waals surface area contributed by atoms with Gasteiger partial charge in [-0.25, -0.2) is 14.6 Å². The molecule has 3 aromatic carbocycles. The molecular formula is C28H21N5O3. The summed E-state index contributed by atoms with van der Waals surface area (Å²) in [6.45, 7) is 0.460. The molecule has 6 rings (SSSR count). The van der Waals surface area contributed by atoms with Gasteiger partial charge in [0.2, 0.25) is 5.88 Å². The summed E-state index contributed by atoms with van der Waals surface area (Å²) in [5.41, 5.74) is 3.33. The number of pyridine rings is 1. The van der Waals surface area contributed by atoms with E-state index in [0.29, 0.717) is 46.2 Å². The number of para-hydroxylation sites is 1. The largest absolute Gasteiger partial charge is 0.489 e. The number of hydrogen-bond donors (Lipinski definition) is 1. The molecule has 6 aromatic rings. The van der Waals surface area contributed by atoms with E-state index in [9.17, 15) is 4.79 Å². The molecule has 3 heterocycles. The maximum Gasteiger partial charge on any atom is 0.262 e. The van der Waals surface area contributed by atoms with Crippen molar-refractivity contribution < 1.29 is 9.47 Å². The third kappa shape index (κ3) is 3.94. The Morgan fingerprint density at radius 1 is 0.917 bits per heavy atom. The predicted octanol–water partition coefficient (Wildman–Crippen LogP) is 4.91. The molecule has 8 nitrogen and oxygen atoms in total. The number of aromatic amines is 1. The van der Waals surface area contributed by atoms with Crippen molar-refractivity contribution in [3.63, 3.8) is 0 Å². The van der Waals surface area contributed by atoms with Gasteiger partial charge in [-0.05, 0) is 35.9 Å². The minimum Gasteiger partial charge on any atom is -0.489 e. The number of H-pyrrole nitrogens is 1. The van der Waals surface area contributed by atoms with Crippen LogP contribution in [0, 0.1) is 0 Å². The summed E-state index contributed by atoms with van der Waals surface area (Å²) < 4.78 is 13.2. The molecule has 36 heavy (non-hydrogen) atoms. The molecule has 0 radical (unpaired) electrons. The van der Waals surface area contributed by atoms with E-state index in [1.54, 1.807) is 4.68 Å². The van der Waals surface area contributed by atoms with Gasteiger partial charge in [-0.15, -0.1) is 0 Å². The molecule has 0 saturated carbocycles. The zero-order chi connectivity index (χ0) is 24.5. The molecule has 1 N–H and O–H groups in total. The van der Waals surface area contributed by atoms with Crippen molar-refractivity contribution >= 4 is 21.9 Å². The number of hydrogen-bond acceptors (Lipinski definition) is 6. The first-order valence-corrected chi connectivity index (χ1v) is 11.4. The lowest BCUT2D eigenvalue weighted by Crippen LogP contribution is -2.11. The first-order valence-electron chi connectivity index (χ1n) is 11.4. The molecule has 0 spiro atoms. The summed E-state index contributed by atoms with van der Waals surface area (Å²) in [6, 6.07) is 27.1. The monoisotopic (exact) mass is 475 g/mol. The average Bonchev–Trinajstić information content (AvgIpc) is 3.37. The van der Waals surface area contributed by atoms with E-state index in [1.165, 1.54) is 13.3 Å². The summed E-state index contributed by atoms with van der Waals surface area (Å²) in [7, 11) is 1.54. The highest BCUT2D eigenvalue weighted by molar-refractivity contribution is 5.87. The molecule has 0 bridgehead atoms. The van der Waals surface area contributed by atoms with E-state index in [0.717, 1.165) is 16.6 Å². The summed E-state index contributed by atoms with van der Waals surface area (Å²) in [4.78, 5) is 25.2. The Bertz CT molecular complexity index is 1740. The molecule has 0 aliphatic heterocycles. The number of aromatic nitrogens is 5. The molecule has 0 atom stereocenters. The fourth-order valence-corrected chi connectivity index (χ4v) is 4.09. The predicted molar refractivity (Wildman–Crippen MR) is 138 cm³/mol. The summed E-state index contributed by atoms with van der Waals surface area (Å²) in [5, 5.41) is 5.63. The minimum absolute atomic E-state index is 0.288. The molecule has 176 valence electrons. The van der Waals surface area contributed by atoms with Crippen molar-refractivity contribution in [2.75, 3.05) is 7.11 Å². The summed E-state index contributed by atoms with van der Waals surface area (Å²) >= 11 is 0. The van der Waals surface area contributed by atoms with Gasteiger partial charge >= 0.3 is 0 Å². The Morgan fingerprint density at radius 3 is 2.47 bits per heavy atom. The number of methoxy groups -OCH3 is 1. The first kappa shape index (κ1) is 21.5. The normalized spacial score (nSPS) is 11.1. The fraction of sp³-hybridized carbons (Fsp3) is 0.0714. The van der Waals surface area contributed by atoms with Gasteiger partial charge in [-0.3, -0.25) is 4.79 Å². The molecule has 0 aliphatic carbocycles. The van der Waals surface area contributed by atoms with Gasteiger partial charge in [0.15, 0.2) is 5.65 Å². The lowest BCUT2D eigenvalue weighted by atomic mass is 10.1. The molecule has 0 amide bonds. The number of ether oxygens (including phenoxy) is 2. The number of benzene rings is 3. The van der Waals surface area contributed by atoms with Crippen molar-refractivity contribution in [2.45, 2.75) is 6.61 Å². The number of rotatable bonds is 6. The van der Waals surface area contributed by atoms with Gasteiger partial charge in [-0.1, -0.05) is 48.5 Å².